The fourth-order valence-corrected chi connectivity index (χ4v) is 7.35. The summed E-state index contributed by atoms with van der Waals surface area (Å²) < 4.78 is 1.75. The number of aromatic nitrogens is 3. The van der Waals surface area contributed by atoms with Crippen LogP contribution in [-0.4, -0.2) is 33.9 Å². The number of carbonyl (C=O) groups is 1. The molecule has 7 nitrogen and oxygen atoms in total. The topological polar surface area (TPSA) is 95.1 Å². The molecule has 1 aromatic heterocycles. The van der Waals surface area contributed by atoms with Crippen molar-refractivity contribution in [2.45, 2.75) is 71.8 Å². The molecule has 1 aromatic rings. The lowest BCUT2D eigenvalue weighted by molar-refractivity contribution is -0.130. The SMILES string of the molecule is C[C@@]12CCCC1C1CCC3=CC(NOCCn4cc(CCN)nn4)=CC(=O)[C@]3(C)C1CC2. The zero-order chi connectivity index (χ0) is 22.3. The maximum Gasteiger partial charge on any atom is 0.168 e. The number of ketones is 1. The van der Waals surface area contributed by atoms with Gasteiger partial charge in [-0.1, -0.05) is 24.1 Å². The van der Waals surface area contributed by atoms with Crippen LogP contribution in [0.25, 0.3) is 0 Å². The molecule has 4 aliphatic carbocycles. The summed E-state index contributed by atoms with van der Waals surface area (Å²) in [7, 11) is 0. The standard InChI is InChI=1S/C25H37N5O2/c1-24-9-3-4-21(24)20-6-5-17-14-19(15-23(31)25(17,2)22(20)7-10-24)28-32-13-12-30-16-18(8-11-26)27-29-30/h14-16,20-22,28H,3-13,26H2,1-2H3/t20?,21?,22?,24-,25-/m0/s1. The van der Waals surface area contributed by atoms with Crippen LogP contribution >= 0.6 is 0 Å². The second-order valence-electron chi connectivity index (χ2n) is 10.8. The maximum absolute atomic E-state index is 13.5. The number of nitrogens with two attached hydrogens (primary N) is 1. The van der Waals surface area contributed by atoms with Gasteiger partial charge in [-0.3, -0.25) is 15.1 Å². The van der Waals surface area contributed by atoms with E-state index in [2.05, 4.69) is 35.7 Å². The largest absolute Gasteiger partial charge is 0.330 e. The molecule has 0 radical (unpaired) electrons. The molecular formula is C25H37N5O2. The minimum Gasteiger partial charge on any atom is -0.330 e. The van der Waals surface area contributed by atoms with Crippen molar-refractivity contribution in [1.82, 2.24) is 20.5 Å². The summed E-state index contributed by atoms with van der Waals surface area (Å²) in [5, 5.41) is 8.17. The molecule has 5 atom stereocenters. The van der Waals surface area contributed by atoms with Gasteiger partial charge in [0.2, 0.25) is 0 Å². The van der Waals surface area contributed by atoms with Gasteiger partial charge in [-0.05, 0) is 81.2 Å². The highest BCUT2D eigenvalue weighted by Crippen LogP contribution is 2.64. The molecule has 0 amide bonds. The molecule has 0 bridgehead atoms. The van der Waals surface area contributed by atoms with Gasteiger partial charge >= 0.3 is 0 Å². The fourth-order valence-electron chi connectivity index (χ4n) is 7.35. The van der Waals surface area contributed by atoms with Crippen molar-refractivity contribution in [3.8, 4) is 0 Å². The first-order valence-corrected chi connectivity index (χ1v) is 12.4. The van der Waals surface area contributed by atoms with E-state index in [1.165, 1.54) is 44.1 Å². The third-order valence-electron chi connectivity index (χ3n) is 9.10. The Morgan fingerprint density at radius 3 is 2.94 bits per heavy atom. The molecule has 7 heteroatoms. The molecule has 5 rings (SSSR count). The number of hydrogen-bond acceptors (Lipinski definition) is 6. The van der Waals surface area contributed by atoms with Gasteiger partial charge in [0, 0.05) is 18.7 Å². The van der Waals surface area contributed by atoms with Crippen LogP contribution in [-0.2, 0) is 22.6 Å². The summed E-state index contributed by atoms with van der Waals surface area (Å²) in [6.07, 6.45) is 15.4. The van der Waals surface area contributed by atoms with E-state index >= 15 is 0 Å². The van der Waals surface area contributed by atoms with Gasteiger partial charge in [-0.2, -0.15) is 0 Å². The number of hydrogen-bond donors (Lipinski definition) is 2. The summed E-state index contributed by atoms with van der Waals surface area (Å²) >= 11 is 0. The van der Waals surface area contributed by atoms with E-state index in [1.54, 1.807) is 10.8 Å². The van der Waals surface area contributed by atoms with Crippen LogP contribution < -0.4 is 11.2 Å². The number of nitrogens with zero attached hydrogens (tertiary/aromatic N) is 3. The minimum atomic E-state index is -0.335. The predicted octanol–water partition coefficient (Wildman–Crippen LogP) is 3.33. The minimum absolute atomic E-state index is 0.250. The van der Waals surface area contributed by atoms with Crippen molar-refractivity contribution in [3.05, 3.63) is 35.3 Å². The lowest BCUT2D eigenvalue weighted by Crippen LogP contribution is -2.52. The molecule has 3 saturated carbocycles. The number of hydroxylamine groups is 1. The molecule has 1 heterocycles. The predicted molar refractivity (Wildman–Crippen MR) is 122 cm³/mol. The normalized spacial score (nSPS) is 36.1. The van der Waals surface area contributed by atoms with Crippen LogP contribution in [0.4, 0.5) is 0 Å². The first-order chi connectivity index (χ1) is 15.4. The van der Waals surface area contributed by atoms with E-state index in [-0.39, 0.29) is 11.2 Å². The van der Waals surface area contributed by atoms with Gasteiger partial charge in [0.15, 0.2) is 5.78 Å². The molecular weight excluding hydrogens is 402 g/mol. The monoisotopic (exact) mass is 439 g/mol. The van der Waals surface area contributed by atoms with Crippen LogP contribution in [0.3, 0.4) is 0 Å². The average Bonchev–Trinajstić information content (AvgIpc) is 3.38. The zero-order valence-electron chi connectivity index (χ0n) is 19.5. The Kier molecular flexibility index (Phi) is 5.74. The van der Waals surface area contributed by atoms with Crippen molar-refractivity contribution in [2.24, 2.45) is 34.3 Å². The van der Waals surface area contributed by atoms with E-state index in [0.29, 0.717) is 36.9 Å². The molecule has 4 aliphatic rings. The summed E-state index contributed by atoms with van der Waals surface area (Å²) in [6, 6.07) is 0. The first kappa shape index (κ1) is 21.8. The Labute approximate surface area is 190 Å². The highest BCUT2D eigenvalue weighted by atomic mass is 16.6. The third kappa shape index (κ3) is 3.63. The van der Waals surface area contributed by atoms with Crippen LogP contribution in [0.15, 0.2) is 29.6 Å². The van der Waals surface area contributed by atoms with Gasteiger partial charge < -0.3 is 5.73 Å². The van der Waals surface area contributed by atoms with E-state index in [1.807, 2.05) is 6.20 Å². The lowest BCUT2D eigenvalue weighted by atomic mass is 9.48. The number of allylic oxidation sites excluding steroid dienone is 3. The molecule has 3 N–H and O–H groups in total. The highest BCUT2D eigenvalue weighted by molar-refractivity contribution is 5.99. The molecule has 3 unspecified atom stereocenters. The van der Waals surface area contributed by atoms with Gasteiger partial charge in [-0.25, -0.2) is 4.68 Å². The van der Waals surface area contributed by atoms with E-state index < -0.39 is 0 Å². The first-order valence-electron chi connectivity index (χ1n) is 12.4. The average molecular weight is 440 g/mol. The van der Waals surface area contributed by atoms with Gasteiger partial charge in [-0.15, -0.1) is 5.10 Å². The van der Waals surface area contributed by atoms with Gasteiger partial charge in [0.05, 0.1) is 30.0 Å². The Bertz CT molecular complexity index is 937. The number of rotatable bonds is 7. The smallest absolute Gasteiger partial charge is 0.168 e. The number of carbonyl (C=O) groups excluding carboxylic acids is 1. The Balaban J connectivity index is 1.21. The molecule has 32 heavy (non-hydrogen) atoms. The second-order valence-corrected chi connectivity index (χ2v) is 10.8. The van der Waals surface area contributed by atoms with Crippen molar-refractivity contribution in [2.75, 3.05) is 13.2 Å². The van der Waals surface area contributed by atoms with Crippen molar-refractivity contribution in [3.63, 3.8) is 0 Å². The van der Waals surface area contributed by atoms with Crippen LogP contribution in [0, 0.1) is 28.6 Å². The summed E-state index contributed by atoms with van der Waals surface area (Å²) in [4.78, 5) is 19.1. The Morgan fingerprint density at radius 1 is 1.22 bits per heavy atom. The quantitative estimate of drug-likeness (QED) is 0.500. The third-order valence-corrected chi connectivity index (χ3v) is 9.10. The summed E-state index contributed by atoms with van der Waals surface area (Å²) in [5.74, 6) is 2.25. The van der Waals surface area contributed by atoms with Gasteiger partial charge in [0.25, 0.3) is 0 Å². The fraction of sp³-hybridized carbons (Fsp3) is 0.720. The molecule has 0 spiro atoms. The number of nitrogens with one attached hydrogen (secondary N) is 1. The van der Waals surface area contributed by atoms with E-state index in [9.17, 15) is 4.79 Å². The maximum atomic E-state index is 13.5. The van der Waals surface area contributed by atoms with Crippen LogP contribution in [0.1, 0.15) is 64.5 Å². The Morgan fingerprint density at radius 2 is 2.09 bits per heavy atom. The van der Waals surface area contributed by atoms with E-state index in [4.69, 9.17) is 10.6 Å². The highest BCUT2D eigenvalue weighted by Gasteiger charge is 2.58. The van der Waals surface area contributed by atoms with Crippen molar-refractivity contribution in [1.29, 1.82) is 0 Å². The molecule has 174 valence electrons. The summed E-state index contributed by atoms with van der Waals surface area (Å²) in [6.45, 7) is 6.31. The van der Waals surface area contributed by atoms with Crippen molar-refractivity contribution >= 4 is 5.78 Å². The molecule has 0 aromatic carbocycles. The Hall–Kier alpha value is -1.99. The lowest BCUT2D eigenvalue weighted by Gasteiger charge is -2.56. The van der Waals surface area contributed by atoms with E-state index in [0.717, 1.165) is 30.2 Å². The molecule has 3 fully saturated rings. The van der Waals surface area contributed by atoms with Gasteiger partial charge in [0.1, 0.15) is 0 Å². The van der Waals surface area contributed by atoms with Crippen molar-refractivity contribution < 1.29 is 9.63 Å². The number of fused-ring (bicyclic) bond motifs is 5. The molecule has 0 saturated heterocycles. The molecule has 0 aliphatic heterocycles. The van der Waals surface area contributed by atoms with Crippen LogP contribution in [0.2, 0.25) is 0 Å². The second kappa shape index (κ2) is 8.41. The zero-order valence-corrected chi connectivity index (χ0v) is 19.5. The van der Waals surface area contributed by atoms with Crippen LogP contribution in [0.5, 0.6) is 0 Å². The summed E-state index contributed by atoms with van der Waals surface area (Å²) in [5.41, 5.74) is 11.7.